The summed E-state index contributed by atoms with van der Waals surface area (Å²) in [6, 6.07) is 0. The zero-order chi connectivity index (χ0) is 15.2. The van der Waals surface area contributed by atoms with Crippen LogP contribution < -0.4 is 0 Å². The number of rotatable bonds is 14. The Balaban J connectivity index is 4.02. The van der Waals surface area contributed by atoms with Crippen molar-refractivity contribution in [1.29, 1.82) is 0 Å². The molecule has 0 saturated heterocycles. The van der Waals surface area contributed by atoms with Crippen molar-refractivity contribution in [2.24, 2.45) is 0 Å². The van der Waals surface area contributed by atoms with Gasteiger partial charge >= 0.3 is 0 Å². The van der Waals surface area contributed by atoms with Gasteiger partial charge < -0.3 is 0 Å². The van der Waals surface area contributed by atoms with E-state index < -0.39 is 0 Å². The van der Waals surface area contributed by atoms with Gasteiger partial charge in [-0.25, -0.2) is 0 Å². The fourth-order valence-corrected chi connectivity index (χ4v) is 6.49. The van der Waals surface area contributed by atoms with Crippen molar-refractivity contribution in [3.63, 3.8) is 0 Å². The Labute approximate surface area is 131 Å². The lowest BCUT2D eigenvalue weighted by Crippen LogP contribution is -2.13. The minimum atomic E-state index is 0.275. The first-order chi connectivity index (χ1) is 9.67. The molecule has 0 aliphatic heterocycles. The predicted molar refractivity (Wildman–Crippen MR) is 98.5 cm³/mol. The molecule has 122 valence electrons. The zero-order valence-electron chi connectivity index (χ0n) is 15.1. The van der Waals surface area contributed by atoms with Crippen LogP contribution in [-0.2, 0) is 0 Å². The lowest BCUT2D eigenvalue weighted by molar-refractivity contribution is 0.611. The second-order valence-corrected chi connectivity index (χ2v) is 9.87. The number of hydrogen-bond donors (Lipinski definition) is 0. The molecule has 0 aromatic heterocycles. The van der Waals surface area contributed by atoms with Crippen molar-refractivity contribution < 1.29 is 0 Å². The van der Waals surface area contributed by atoms with Gasteiger partial charge in [0.05, 0.1) is 0 Å². The average molecular weight is 301 g/mol. The Hall–Kier alpha value is 0.430. The van der Waals surface area contributed by atoms with Gasteiger partial charge in [-0.1, -0.05) is 92.4 Å². The van der Waals surface area contributed by atoms with Crippen LogP contribution in [0.5, 0.6) is 0 Å². The molecule has 0 nitrogen and oxygen atoms in total. The number of unbranched alkanes of at least 4 members (excludes halogenated alkanes) is 6. The summed E-state index contributed by atoms with van der Waals surface area (Å²) in [4.78, 5) is 0. The molecule has 0 rings (SSSR count). The maximum Gasteiger partial charge on any atom is -0.0235 e. The molecule has 0 spiro atoms. The Morgan fingerprint density at radius 2 is 1.05 bits per heavy atom. The maximum absolute atomic E-state index is 2.55. The van der Waals surface area contributed by atoms with E-state index in [0.717, 1.165) is 11.3 Å². The van der Waals surface area contributed by atoms with Crippen molar-refractivity contribution in [1.82, 2.24) is 0 Å². The van der Waals surface area contributed by atoms with Crippen LogP contribution in [-0.4, -0.2) is 17.5 Å². The largest absolute Gasteiger partial charge is 0.101 e. The average Bonchev–Trinajstić information content (AvgIpc) is 2.45. The second-order valence-electron chi connectivity index (χ2n) is 6.63. The molecule has 0 N–H and O–H groups in total. The predicted octanol–water partition coefficient (Wildman–Crippen LogP) is 7.60. The first-order valence-electron chi connectivity index (χ1n) is 9.43. The monoisotopic (exact) mass is 300 g/mol. The van der Waals surface area contributed by atoms with Gasteiger partial charge in [0.2, 0.25) is 0 Å². The lowest BCUT2D eigenvalue weighted by Gasteiger charge is -2.30. The summed E-state index contributed by atoms with van der Waals surface area (Å²) in [5.74, 6) is 0. The van der Waals surface area contributed by atoms with Gasteiger partial charge in [-0.15, -0.1) is 7.92 Å². The third-order valence-electron chi connectivity index (χ3n) is 4.57. The summed E-state index contributed by atoms with van der Waals surface area (Å²) in [7, 11) is 0.275. The summed E-state index contributed by atoms with van der Waals surface area (Å²) in [5.41, 5.74) is 2.01. The summed E-state index contributed by atoms with van der Waals surface area (Å²) in [5, 5.41) is 0. The third kappa shape index (κ3) is 10.2. The molecule has 0 bridgehead atoms. The van der Waals surface area contributed by atoms with Crippen molar-refractivity contribution in [2.45, 2.75) is 117 Å². The van der Waals surface area contributed by atoms with Gasteiger partial charge in [0.1, 0.15) is 0 Å². The highest BCUT2D eigenvalue weighted by Gasteiger charge is 2.21. The Bertz CT molecular complexity index is 172. The van der Waals surface area contributed by atoms with E-state index in [2.05, 4.69) is 34.6 Å². The van der Waals surface area contributed by atoms with Gasteiger partial charge in [0, 0.05) is 0 Å². The molecule has 0 aliphatic rings. The van der Waals surface area contributed by atoms with Gasteiger partial charge in [0.15, 0.2) is 0 Å². The fraction of sp³-hybridized carbons (Fsp3) is 1.00. The molecule has 20 heavy (non-hydrogen) atoms. The summed E-state index contributed by atoms with van der Waals surface area (Å²) in [6.07, 6.45) is 17.4. The quantitative estimate of drug-likeness (QED) is 0.229. The first kappa shape index (κ1) is 20.4. The van der Waals surface area contributed by atoms with Crippen molar-refractivity contribution in [2.75, 3.05) is 6.16 Å². The summed E-state index contributed by atoms with van der Waals surface area (Å²) < 4.78 is 0. The normalized spacial score (nSPS) is 16.1. The van der Waals surface area contributed by atoms with E-state index in [1.54, 1.807) is 0 Å². The Morgan fingerprint density at radius 3 is 1.40 bits per heavy atom. The molecule has 0 amide bonds. The zero-order valence-corrected chi connectivity index (χ0v) is 16.0. The van der Waals surface area contributed by atoms with Gasteiger partial charge in [-0.05, 0) is 30.3 Å². The van der Waals surface area contributed by atoms with E-state index >= 15 is 0 Å². The molecule has 2 unspecified atom stereocenters. The first-order valence-corrected chi connectivity index (χ1v) is 11.1. The Morgan fingerprint density at radius 1 is 0.600 bits per heavy atom. The van der Waals surface area contributed by atoms with Crippen LogP contribution in [0.2, 0.25) is 0 Å². The topological polar surface area (TPSA) is 0 Å². The van der Waals surface area contributed by atoms with E-state index in [0.29, 0.717) is 0 Å². The molecular weight excluding hydrogens is 259 g/mol. The van der Waals surface area contributed by atoms with Crippen molar-refractivity contribution in [3.8, 4) is 0 Å². The van der Waals surface area contributed by atoms with Crippen LogP contribution in [0.4, 0.5) is 0 Å². The van der Waals surface area contributed by atoms with Crippen LogP contribution >= 0.6 is 7.92 Å². The van der Waals surface area contributed by atoms with Crippen LogP contribution in [0.1, 0.15) is 105 Å². The highest BCUT2D eigenvalue weighted by molar-refractivity contribution is 7.59. The van der Waals surface area contributed by atoms with E-state index in [4.69, 9.17) is 0 Å². The van der Waals surface area contributed by atoms with Gasteiger partial charge in [-0.2, -0.15) is 0 Å². The van der Waals surface area contributed by atoms with E-state index in [1.165, 1.54) is 76.8 Å². The molecule has 0 saturated carbocycles. The number of hydrogen-bond acceptors (Lipinski definition) is 0. The fourth-order valence-electron chi connectivity index (χ4n) is 3.20. The Kier molecular flexibility index (Phi) is 14.7. The van der Waals surface area contributed by atoms with Crippen LogP contribution in [0.15, 0.2) is 0 Å². The second kappa shape index (κ2) is 14.4. The molecule has 1 heteroatoms. The molecule has 0 aromatic carbocycles. The van der Waals surface area contributed by atoms with Crippen LogP contribution in [0.25, 0.3) is 0 Å². The SMILES string of the molecule is CCCCCCC(C)P(CCC)C(C)CCCCCC. The standard InChI is InChI=1S/C19H41P/c1-6-9-11-13-15-18(4)20(17-8-3)19(5)16-14-12-10-7-2/h18-19H,6-17H2,1-5H3. The lowest BCUT2D eigenvalue weighted by atomic mass is 10.1. The van der Waals surface area contributed by atoms with Crippen molar-refractivity contribution in [3.05, 3.63) is 0 Å². The van der Waals surface area contributed by atoms with Crippen LogP contribution in [0.3, 0.4) is 0 Å². The van der Waals surface area contributed by atoms with E-state index in [9.17, 15) is 0 Å². The highest BCUT2D eigenvalue weighted by Crippen LogP contribution is 2.50. The summed E-state index contributed by atoms with van der Waals surface area (Å²) >= 11 is 0. The van der Waals surface area contributed by atoms with Crippen LogP contribution in [0, 0.1) is 0 Å². The highest BCUT2D eigenvalue weighted by atomic mass is 31.1. The minimum Gasteiger partial charge on any atom is -0.101 e. The molecule has 0 radical (unpaired) electrons. The van der Waals surface area contributed by atoms with Crippen molar-refractivity contribution >= 4 is 7.92 Å². The van der Waals surface area contributed by atoms with Gasteiger partial charge in [0.25, 0.3) is 0 Å². The minimum absolute atomic E-state index is 0.275. The van der Waals surface area contributed by atoms with E-state index in [-0.39, 0.29) is 7.92 Å². The maximum atomic E-state index is 2.55. The molecule has 0 fully saturated rings. The molecular formula is C19H41P. The third-order valence-corrected chi connectivity index (χ3v) is 8.31. The smallest absolute Gasteiger partial charge is 0.0235 e. The molecule has 0 heterocycles. The summed E-state index contributed by atoms with van der Waals surface area (Å²) in [6.45, 7) is 12.1. The van der Waals surface area contributed by atoms with E-state index in [1.807, 2.05) is 0 Å². The molecule has 2 atom stereocenters. The molecule has 0 aromatic rings. The molecule has 0 aliphatic carbocycles. The van der Waals surface area contributed by atoms with Gasteiger partial charge in [-0.3, -0.25) is 0 Å².